The third-order valence-electron chi connectivity index (χ3n) is 4.13. The largest absolute Gasteiger partial charge is 0.493 e. The van der Waals surface area contributed by atoms with Crippen molar-refractivity contribution < 1.29 is 9.47 Å². The van der Waals surface area contributed by atoms with Crippen LogP contribution in [-0.2, 0) is 12.8 Å². The predicted molar refractivity (Wildman–Crippen MR) is 76.1 cm³/mol. The summed E-state index contributed by atoms with van der Waals surface area (Å²) in [6.45, 7) is 3.27. The van der Waals surface area contributed by atoms with Gasteiger partial charge in [0.1, 0.15) is 6.10 Å². The number of benzene rings is 1. The van der Waals surface area contributed by atoms with Crippen LogP contribution in [0.2, 0.25) is 0 Å². The monoisotopic (exact) mass is 261 g/mol. The smallest absolute Gasteiger partial charge is 0.164 e. The summed E-state index contributed by atoms with van der Waals surface area (Å²) in [5, 5.41) is 3.61. The molecule has 3 nitrogen and oxygen atoms in total. The van der Waals surface area contributed by atoms with Crippen molar-refractivity contribution in [3.05, 3.63) is 23.3 Å². The number of hydrogen-bond acceptors (Lipinski definition) is 3. The summed E-state index contributed by atoms with van der Waals surface area (Å²) in [7, 11) is 1.73. The number of rotatable bonds is 3. The second-order valence-corrected chi connectivity index (χ2v) is 5.77. The number of nitrogens with one attached hydrogen (secondary N) is 1. The van der Waals surface area contributed by atoms with Crippen LogP contribution in [0.1, 0.15) is 37.3 Å². The Balaban J connectivity index is 1.80. The van der Waals surface area contributed by atoms with E-state index in [1.807, 2.05) is 0 Å². The molecule has 1 aromatic rings. The van der Waals surface area contributed by atoms with E-state index in [0.29, 0.717) is 6.04 Å². The Morgan fingerprint density at radius 2 is 2.26 bits per heavy atom. The zero-order chi connectivity index (χ0) is 13.2. The molecule has 2 unspecified atom stereocenters. The van der Waals surface area contributed by atoms with Gasteiger partial charge in [0.05, 0.1) is 7.11 Å². The van der Waals surface area contributed by atoms with Gasteiger partial charge in [-0.05, 0) is 44.4 Å². The van der Waals surface area contributed by atoms with Gasteiger partial charge in [0.15, 0.2) is 11.5 Å². The lowest BCUT2D eigenvalue weighted by Gasteiger charge is -2.23. The van der Waals surface area contributed by atoms with Crippen molar-refractivity contribution in [3.8, 4) is 11.5 Å². The summed E-state index contributed by atoms with van der Waals surface area (Å²) in [6, 6.07) is 5.07. The molecule has 0 aliphatic carbocycles. The topological polar surface area (TPSA) is 30.5 Å². The van der Waals surface area contributed by atoms with Crippen LogP contribution in [0.5, 0.6) is 11.5 Å². The minimum Gasteiger partial charge on any atom is -0.493 e. The maximum atomic E-state index is 5.83. The molecule has 0 saturated carbocycles. The van der Waals surface area contributed by atoms with Crippen molar-refractivity contribution in [2.75, 3.05) is 13.7 Å². The molecule has 1 saturated heterocycles. The van der Waals surface area contributed by atoms with E-state index in [9.17, 15) is 0 Å². The molecule has 2 aliphatic heterocycles. The summed E-state index contributed by atoms with van der Waals surface area (Å²) in [5.74, 6) is 1.85. The third kappa shape index (κ3) is 2.71. The first-order valence-corrected chi connectivity index (χ1v) is 7.36. The quantitative estimate of drug-likeness (QED) is 0.907. The van der Waals surface area contributed by atoms with Crippen LogP contribution in [0.15, 0.2) is 12.1 Å². The first-order valence-electron chi connectivity index (χ1n) is 7.36. The summed E-state index contributed by atoms with van der Waals surface area (Å²) in [5.41, 5.74) is 2.67. The summed E-state index contributed by atoms with van der Waals surface area (Å²) in [4.78, 5) is 0. The maximum absolute atomic E-state index is 5.83. The molecule has 2 atom stereocenters. The van der Waals surface area contributed by atoms with Crippen LogP contribution in [-0.4, -0.2) is 25.8 Å². The van der Waals surface area contributed by atoms with Crippen molar-refractivity contribution in [2.45, 2.75) is 51.2 Å². The molecule has 19 heavy (non-hydrogen) atoms. The fourth-order valence-corrected chi connectivity index (χ4v) is 3.21. The first kappa shape index (κ1) is 12.8. The van der Waals surface area contributed by atoms with Gasteiger partial charge in [0.2, 0.25) is 0 Å². The average molecular weight is 261 g/mol. The van der Waals surface area contributed by atoms with E-state index in [-0.39, 0.29) is 6.10 Å². The van der Waals surface area contributed by atoms with E-state index in [1.54, 1.807) is 7.11 Å². The van der Waals surface area contributed by atoms with E-state index in [1.165, 1.54) is 30.4 Å². The van der Waals surface area contributed by atoms with Crippen molar-refractivity contribution in [3.63, 3.8) is 0 Å². The molecule has 2 aliphatic rings. The number of piperidine rings is 1. The van der Waals surface area contributed by atoms with Gasteiger partial charge in [-0.3, -0.25) is 0 Å². The lowest BCUT2D eigenvalue weighted by atomic mass is 9.96. The number of methoxy groups -OCH3 is 1. The predicted octanol–water partition coefficient (Wildman–Crippen LogP) is 2.70. The highest BCUT2D eigenvalue weighted by Gasteiger charge is 2.24. The van der Waals surface area contributed by atoms with Crippen LogP contribution < -0.4 is 14.8 Å². The van der Waals surface area contributed by atoms with Crippen LogP contribution >= 0.6 is 0 Å². The van der Waals surface area contributed by atoms with E-state index in [4.69, 9.17) is 9.47 Å². The molecule has 0 amide bonds. The van der Waals surface area contributed by atoms with Gasteiger partial charge in [-0.1, -0.05) is 12.5 Å². The van der Waals surface area contributed by atoms with Crippen LogP contribution in [0.25, 0.3) is 0 Å². The summed E-state index contributed by atoms with van der Waals surface area (Å²) >= 11 is 0. The molecule has 2 heterocycles. The second-order valence-electron chi connectivity index (χ2n) is 5.77. The third-order valence-corrected chi connectivity index (χ3v) is 4.13. The Labute approximate surface area is 115 Å². The SMILES string of the molecule is COc1cc(CC2CCCCN2)cc2c1OC(C)C2. The molecular weight excluding hydrogens is 238 g/mol. The van der Waals surface area contributed by atoms with Gasteiger partial charge in [-0.25, -0.2) is 0 Å². The molecule has 0 spiro atoms. The van der Waals surface area contributed by atoms with Crippen molar-refractivity contribution in [1.29, 1.82) is 0 Å². The van der Waals surface area contributed by atoms with Gasteiger partial charge in [0.25, 0.3) is 0 Å². The normalized spacial score (nSPS) is 25.8. The molecule has 104 valence electrons. The average Bonchev–Trinajstić information content (AvgIpc) is 2.79. The molecular formula is C16H23NO2. The van der Waals surface area contributed by atoms with Crippen molar-refractivity contribution in [2.24, 2.45) is 0 Å². The van der Waals surface area contributed by atoms with Gasteiger partial charge in [-0.15, -0.1) is 0 Å². The van der Waals surface area contributed by atoms with E-state index < -0.39 is 0 Å². The Bertz CT molecular complexity index is 452. The Morgan fingerprint density at radius 3 is 3.00 bits per heavy atom. The van der Waals surface area contributed by atoms with Crippen LogP contribution in [0.4, 0.5) is 0 Å². The number of ether oxygens (including phenoxy) is 2. The molecule has 0 bridgehead atoms. The summed E-state index contributed by atoms with van der Waals surface area (Å²) in [6.07, 6.45) is 6.31. The lowest BCUT2D eigenvalue weighted by molar-refractivity contribution is 0.243. The fourth-order valence-electron chi connectivity index (χ4n) is 3.21. The van der Waals surface area contributed by atoms with Crippen LogP contribution in [0, 0.1) is 0 Å². The molecule has 3 rings (SSSR count). The highest BCUT2D eigenvalue weighted by atomic mass is 16.5. The highest BCUT2D eigenvalue weighted by Crippen LogP contribution is 2.39. The van der Waals surface area contributed by atoms with Gasteiger partial charge >= 0.3 is 0 Å². The van der Waals surface area contributed by atoms with Crippen molar-refractivity contribution >= 4 is 0 Å². The standard InChI is InChI=1S/C16H23NO2/c1-11-7-13-8-12(9-14-5-3-4-6-17-14)10-15(18-2)16(13)19-11/h8,10-11,14,17H,3-7,9H2,1-2H3. The minimum absolute atomic E-state index is 0.270. The lowest BCUT2D eigenvalue weighted by Crippen LogP contribution is -2.35. The van der Waals surface area contributed by atoms with Crippen LogP contribution in [0.3, 0.4) is 0 Å². The van der Waals surface area contributed by atoms with Gasteiger partial charge in [0, 0.05) is 18.0 Å². The molecule has 1 fully saturated rings. The second kappa shape index (κ2) is 5.41. The Hall–Kier alpha value is -1.22. The Kier molecular flexibility index (Phi) is 3.65. The zero-order valence-corrected chi connectivity index (χ0v) is 11.9. The number of fused-ring (bicyclic) bond motifs is 1. The van der Waals surface area contributed by atoms with E-state index in [0.717, 1.165) is 30.9 Å². The molecule has 3 heteroatoms. The van der Waals surface area contributed by atoms with Crippen molar-refractivity contribution in [1.82, 2.24) is 5.32 Å². The summed E-state index contributed by atoms with van der Waals surface area (Å²) < 4.78 is 11.3. The van der Waals surface area contributed by atoms with Gasteiger partial charge in [-0.2, -0.15) is 0 Å². The van der Waals surface area contributed by atoms with E-state index >= 15 is 0 Å². The van der Waals surface area contributed by atoms with Gasteiger partial charge < -0.3 is 14.8 Å². The Morgan fingerprint density at radius 1 is 1.37 bits per heavy atom. The molecule has 1 N–H and O–H groups in total. The molecule has 0 radical (unpaired) electrons. The molecule has 0 aromatic heterocycles. The van der Waals surface area contributed by atoms with E-state index in [2.05, 4.69) is 24.4 Å². The minimum atomic E-state index is 0.270. The highest BCUT2D eigenvalue weighted by molar-refractivity contribution is 5.52. The molecule has 1 aromatic carbocycles. The fraction of sp³-hybridized carbons (Fsp3) is 0.625. The maximum Gasteiger partial charge on any atom is 0.164 e. The zero-order valence-electron chi connectivity index (χ0n) is 11.9. The first-order chi connectivity index (χ1) is 9.26. The number of hydrogen-bond donors (Lipinski definition) is 1.